The molecule has 3 heteroatoms. The number of fused-ring (bicyclic) bond motifs is 1. The topological polar surface area (TPSA) is 30.5 Å². The van der Waals surface area contributed by atoms with Crippen molar-refractivity contribution in [2.45, 2.75) is 44.6 Å². The van der Waals surface area contributed by atoms with Gasteiger partial charge in [-0.25, -0.2) is 0 Å². The van der Waals surface area contributed by atoms with Crippen molar-refractivity contribution in [2.75, 3.05) is 13.3 Å². The van der Waals surface area contributed by atoms with E-state index in [0.717, 1.165) is 18.0 Å². The van der Waals surface area contributed by atoms with Gasteiger partial charge in [-0.3, -0.25) is 0 Å². The minimum atomic E-state index is 0.351. The van der Waals surface area contributed by atoms with Gasteiger partial charge in [-0.2, -0.15) is 0 Å². The van der Waals surface area contributed by atoms with Gasteiger partial charge in [0, 0.05) is 12.6 Å². The van der Waals surface area contributed by atoms with Crippen LogP contribution >= 0.6 is 0 Å². The van der Waals surface area contributed by atoms with Crippen LogP contribution in [0.15, 0.2) is 42.0 Å². The van der Waals surface area contributed by atoms with Crippen LogP contribution in [0, 0.1) is 5.92 Å². The highest BCUT2D eigenvalue weighted by Gasteiger charge is 2.31. The van der Waals surface area contributed by atoms with Crippen LogP contribution < -0.4 is 14.8 Å². The van der Waals surface area contributed by atoms with Gasteiger partial charge in [0.2, 0.25) is 6.79 Å². The van der Waals surface area contributed by atoms with Gasteiger partial charge in [0.05, 0.1) is 0 Å². The van der Waals surface area contributed by atoms with E-state index in [1.165, 1.54) is 36.8 Å². The SMILES string of the molecule is CCCC1=CCC(C2CC(c3ccc4c(c3)OCO4)CN2)C=C1. The average molecular weight is 311 g/mol. The molecule has 0 bridgehead atoms. The summed E-state index contributed by atoms with van der Waals surface area (Å²) in [5.41, 5.74) is 2.88. The molecule has 122 valence electrons. The van der Waals surface area contributed by atoms with Crippen molar-refractivity contribution < 1.29 is 9.47 Å². The summed E-state index contributed by atoms with van der Waals surface area (Å²) in [4.78, 5) is 0. The monoisotopic (exact) mass is 311 g/mol. The molecule has 1 aromatic carbocycles. The minimum Gasteiger partial charge on any atom is -0.454 e. The molecule has 3 atom stereocenters. The number of hydrogen-bond donors (Lipinski definition) is 1. The maximum atomic E-state index is 5.52. The lowest BCUT2D eigenvalue weighted by atomic mass is 9.85. The van der Waals surface area contributed by atoms with E-state index >= 15 is 0 Å². The van der Waals surface area contributed by atoms with Crippen LogP contribution in [0.1, 0.15) is 44.1 Å². The molecule has 23 heavy (non-hydrogen) atoms. The van der Waals surface area contributed by atoms with Crippen molar-refractivity contribution >= 4 is 0 Å². The fraction of sp³-hybridized carbons (Fsp3) is 0.500. The molecule has 3 unspecified atom stereocenters. The molecule has 1 saturated heterocycles. The van der Waals surface area contributed by atoms with E-state index in [9.17, 15) is 0 Å². The summed E-state index contributed by atoms with van der Waals surface area (Å²) >= 11 is 0. The molecule has 2 heterocycles. The number of hydrogen-bond acceptors (Lipinski definition) is 3. The molecule has 0 saturated carbocycles. The lowest BCUT2D eigenvalue weighted by molar-refractivity contribution is 0.174. The van der Waals surface area contributed by atoms with Gasteiger partial charge in [-0.15, -0.1) is 0 Å². The Bertz CT molecular complexity index is 635. The Hall–Kier alpha value is -1.74. The fourth-order valence-electron chi connectivity index (χ4n) is 3.97. The Kier molecular flexibility index (Phi) is 4.13. The molecule has 0 amide bonds. The molecule has 1 fully saturated rings. The number of rotatable bonds is 4. The first-order valence-electron chi connectivity index (χ1n) is 8.83. The quantitative estimate of drug-likeness (QED) is 0.905. The Morgan fingerprint density at radius 2 is 2.13 bits per heavy atom. The second-order valence-electron chi connectivity index (χ2n) is 6.85. The molecule has 1 aromatic rings. The van der Waals surface area contributed by atoms with Crippen molar-refractivity contribution in [3.8, 4) is 11.5 Å². The van der Waals surface area contributed by atoms with Crippen molar-refractivity contribution in [3.63, 3.8) is 0 Å². The van der Waals surface area contributed by atoms with Crippen LogP contribution in [0.25, 0.3) is 0 Å². The standard InChI is InChI=1S/C20H25NO2/c1-2-3-14-4-6-15(7-5-14)18-10-17(12-21-18)16-8-9-19-20(11-16)23-13-22-19/h4-6,8-9,11,15,17-18,21H,2-3,7,10,12-13H2,1H3. The summed E-state index contributed by atoms with van der Waals surface area (Å²) in [6.07, 6.45) is 12.0. The van der Waals surface area contributed by atoms with Crippen LogP contribution in [-0.4, -0.2) is 19.4 Å². The van der Waals surface area contributed by atoms with E-state index in [1.54, 1.807) is 0 Å². The number of nitrogens with one attached hydrogen (secondary N) is 1. The third-order valence-corrected chi connectivity index (χ3v) is 5.30. The minimum absolute atomic E-state index is 0.351. The summed E-state index contributed by atoms with van der Waals surface area (Å²) in [5, 5.41) is 3.74. The molecule has 0 radical (unpaired) electrons. The first kappa shape index (κ1) is 14.8. The number of benzene rings is 1. The first-order valence-corrected chi connectivity index (χ1v) is 8.83. The van der Waals surface area contributed by atoms with Crippen molar-refractivity contribution in [2.24, 2.45) is 5.92 Å². The average Bonchev–Trinajstić information content (AvgIpc) is 3.24. The van der Waals surface area contributed by atoms with E-state index in [4.69, 9.17) is 9.47 Å². The Morgan fingerprint density at radius 3 is 2.96 bits per heavy atom. The lowest BCUT2D eigenvalue weighted by Gasteiger charge is -2.23. The highest BCUT2D eigenvalue weighted by atomic mass is 16.7. The fourth-order valence-corrected chi connectivity index (χ4v) is 3.97. The van der Waals surface area contributed by atoms with Crippen LogP contribution in [-0.2, 0) is 0 Å². The Morgan fingerprint density at radius 1 is 1.22 bits per heavy atom. The molecule has 0 spiro atoms. The van der Waals surface area contributed by atoms with Crippen LogP contribution in [0.3, 0.4) is 0 Å². The third-order valence-electron chi connectivity index (χ3n) is 5.30. The van der Waals surface area contributed by atoms with E-state index in [1.807, 2.05) is 6.07 Å². The molecule has 3 nitrogen and oxygen atoms in total. The number of allylic oxidation sites excluding steroid dienone is 3. The molecule has 0 aromatic heterocycles. The van der Waals surface area contributed by atoms with Gasteiger partial charge >= 0.3 is 0 Å². The second-order valence-corrected chi connectivity index (χ2v) is 6.85. The van der Waals surface area contributed by atoms with Gasteiger partial charge in [-0.1, -0.05) is 43.2 Å². The molecule has 3 aliphatic rings. The second kappa shape index (κ2) is 6.40. The largest absolute Gasteiger partial charge is 0.454 e. The Balaban J connectivity index is 1.39. The van der Waals surface area contributed by atoms with E-state index in [-0.39, 0.29) is 0 Å². The maximum absolute atomic E-state index is 5.52. The van der Waals surface area contributed by atoms with E-state index in [0.29, 0.717) is 24.7 Å². The Labute approximate surface area is 138 Å². The highest BCUT2D eigenvalue weighted by molar-refractivity contribution is 5.45. The zero-order valence-electron chi connectivity index (χ0n) is 13.8. The molecular weight excluding hydrogens is 286 g/mol. The predicted molar refractivity (Wildman–Crippen MR) is 92.0 cm³/mol. The lowest BCUT2D eigenvalue weighted by Crippen LogP contribution is -2.29. The highest BCUT2D eigenvalue weighted by Crippen LogP contribution is 2.38. The molecule has 1 N–H and O–H groups in total. The summed E-state index contributed by atoms with van der Waals surface area (Å²) in [5.74, 6) is 2.98. The van der Waals surface area contributed by atoms with Crippen LogP contribution in [0.2, 0.25) is 0 Å². The van der Waals surface area contributed by atoms with E-state index < -0.39 is 0 Å². The zero-order valence-corrected chi connectivity index (χ0v) is 13.8. The predicted octanol–water partition coefficient (Wildman–Crippen LogP) is 4.16. The van der Waals surface area contributed by atoms with Crippen LogP contribution in [0.4, 0.5) is 0 Å². The van der Waals surface area contributed by atoms with E-state index in [2.05, 4.69) is 42.6 Å². The zero-order chi connectivity index (χ0) is 15.6. The van der Waals surface area contributed by atoms with Crippen molar-refractivity contribution in [3.05, 3.63) is 47.6 Å². The first-order chi connectivity index (χ1) is 11.3. The van der Waals surface area contributed by atoms with Gasteiger partial charge in [0.25, 0.3) is 0 Å². The van der Waals surface area contributed by atoms with Crippen molar-refractivity contribution in [1.82, 2.24) is 5.32 Å². The molecule has 1 aliphatic carbocycles. The summed E-state index contributed by atoms with van der Waals surface area (Å²) in [7, 11) is 0. The van der Waals surface area contributed by atoms with Gasteiger partial charge in [-0.05, 0) is 48.8 Å². The van der Waals surface area contributed by atoms with Gasteiger partial charge < -0.3 is 14.8 Å². The van der Waals surface area contributed by atoms with Gasteiger partial charge in [0.1, 0.15) is 0 Å². The summed E-state index contributed by atoms with van der Waals surface area (Å²) < 4.78 is 10.9. The van der Waals surface area contributed by atoms with Crippen LogP contribution in [0.5, 0.6) is 11.5 Å². The molecule has 2 aliphatic heterocycles. The third kappa shape index (κ3) is 3.02. The molecular formula is C20H25NO2. The summed E-state index contributed by atoms with van der Waals surface area (Å²) in [6, 6.07) is 6.98. The maximum Gasteiger partial charge on any atom is 0.231 e. The van der Waals surface area contributed by atoms with Crippen molar-refractivity contribution in [1.29, 1.82) is 0 Å². The normalized spacial score (nSPS) is 28.9. The smallest absolute Gasteiger partial charge is 0.231 e. The summed E-state index contributed by atoms with van der Waals surface area (Å²) in [6.45, 7) is 3.65. The van der Waals surface area contributed by atoms with Gasteiger partial charge in [0.15, 0.2) is 11.5 Å². The number of ether oxygens (including phenoxy) is 2. The molecule has 4 rings (SSSR count).